The topological polar surface area (TPSA) is 98.3 Å². The molecule has 0 spiro atoms. The quantitative estimate of drug-likeness (QED) is 0.619. The number of nitrogens with two attached hydrogens (primary N) is 1. The first kappa shape index (κ1) is 13.5. The molecule has 1 aliphatic carbocycles. The van der Waals surface area contributed by atoms with Gasteiger partial charge < -0.3 is 11.1 Å². The monoisotopic (exact) mass is 263 g/mol. The van der Waals surface area contributed by atoms with Crippen molar-refractivity contribution in [2.75, 3.05) is 6.54 Å². The summed E-state index contributed by atoms with van der Waals surface area (Å²) in [5, 5.41) is 13.7. The molecule has 1 aromatic rings. The van der Waals surface area contributed by atoms with Crippen LogP contribution >= 0.6 is 0 Å². The molecule has 0 heterocycles. The van der Waals surface area contributed by atoms with Crippen LogP contribution in [0, 0.1) is 23.0 Å². The number of nitro benzene ring substituents is 1. The summed E-state index contributed by atoms with van der Waals surface area (Å²) < 4.78 is 0. The average Bonchev–Trinajstić information content (AvgIpc) is 3.18. The van der Waals surface area contributed by atoms with Gasteiger partial charge >= 0.3 is 0 Å². The van der Waals surface area contributed by atoms with Gasteiger partial charge in [-0.25, -0.2) is 0 Å². The van der Waals surface area contributed by atoms with Crippen LogP contribution in [0.5, 0.6) is 0 Å². The summed E-state index contributed by atoms with van der Waals surface area (Å²) in [5.74, 6) is 0.0410. The van der Waals surface area contributed by atoms with Crippen molar-refractivity contribution in [2.45, 2.75) is 25.8 Å². The van der Waals surface area contributed by atoms with E-state index in [0.29, 0.717) is 18.0 Å². The van der Waals surface area contributed by atoms with Gasteiger partial charge in [-0.3, -0.25) is 14.9 Å². The summed E-state index contributed by atoms with van der Waals surface area (Å²) in [6.07, 6.45) is 2.20. The van der Waals surface area contributed by atoms with Crippen LogP contribution in [0.15, 0.2) is 18.2 Å². The third kappa shape index (κ3) is 3.08. The van der Waals surface area contributed by atoms with E-state index in [4.69, 9.17) is 5.73 Å². The van der Waals surface area contributed by atoms with Crippen molar-refractivity contribution in [2.24, 2.45) is 11.7 Å². The van der Waals surface area contributed by atoms with Crippen LogP contribution in [-0.2, 0) is 0 Å². The zero-order chi connectivity index (χ0) is 14.0. The number of benzene rings is 1. The number of carbonyl (C=O) groups is 1. The lowest BCUT2D eigenvalue weighted by molar-refractivity contribution is -0.385. The molecule has 102 valence electrons. The predicted molar refractivity (Wildman–Crippen MR) is 70.9 cm³/mol. The van der Waals surface area contributed by atoms with E-state index in [-0.39, 0.29) is 17.3 Å². The van der Waals surface area contributed by atoms with Crippen molar-refractivity contribution in [3.8, 4) is 0 Å². The SMILES string of the molecule is Cc1cccc(C(=O)NCC(N)C2CC2)c1[N+](=O)[O-]. The van der Waals surface area contributed by atoms with Crippen molar-refractivity contribution in [3.63, 3.8) is 0 Å². The summed E-state index contributed by atoms with van der Waals surface area (Å²) in [4.78, 5) is 22.5. The highest BCUT2D eigenvalue weighted by atomic mass is 16.6. The molecule has 6 nitrogen and oxygen atoms in total. The van der Waals surface area contributed by atoms with Crippen LogP contribution < -0.4 is 11.1 Å². The Bertz CT molecular complexity index is 512. The molecule has 2 rings (SSSR count). The molecule has 0 aromatic heterocycles. The van der Waals surface area contributed by atoms with Gasteiger partial charge in [0, 0.05) is 18.2 Å². The van der Waals surface area contributed by atoms with E-state index in [2.05, 4.69) is 5.32 Å². The highest BCUT2D eigenvalue weighted by Crippen LogP contribution is 2.31. The van der Waals surface area contributed by atoms with Crippen molar-refractivity contribution in [3.05, 3.63) is 39.4 Å². The predicted octanol–water partition coefficient (Wildman–Crippen LogP) is 1.37. The van der Waals surface area contributed by atoms with Gasteiger partial charge in [0.1, 0.15) is 5.56 Å². The highest BCUT2D eigenvalue weighted by molar-refractivity contribution is 5.98. The maximum absolute atomic E-state index is 12.0. The Balaban J connectivity index is 2.09. The number of carbonyl (C=O) groups excluding carboxylic acids is 1. The second-order valence-corrected chi connectivity index (χ2v) is 4.94. The zero-order valence-electron chi connectivity index (χ0n) is 10.8. The Morgan fingerprint density at radius 2 is 2.26 bits per heavy atom. The van der Waals surface area contributed by atoms with Gasteiger partial charge in [-0.2, -0.15) is 0 Å². The van der Waals surface area contributed by atoms with E-state index in [9.17, 15) is 14.9 Å². The van der Waals surface area contributed by atoms with Gasteiger partial charge in [0.15, 0.2) is 0 Å². The lowest BCUT2D eigenvalue weighted by Gasteiger charge is -2.12. The van der Waals surface area contributed by atoms with Crippen LogP contribution in [0.4, 0.5) is 5.69 Å². The minimum atomic E-state index is -0.523. The van der Waals surface area contributed by atoms with Gasteiger partial charge in [-0.15, -0.1) is 0 Å². The Labute approximate surface area is 111 Å². The highest BCUT2D eigenvalue weighted by Gasteiger charge is 2.29. The molecule has 1 saturated carbocycles. The van der Waals surface area contributed by atoms with Crippen molar-refractivity contribution < 1.29 is 9.72 Å². The molecule has 1 unspecified atom stereocenters. The summed E-state index contributed by atoms with van der Waals surface area (Å²) in [6.45, 7) is 1.97. The Morgan fingerprint density at radius 1 is 1.58 bits per heavy atom. The standard InChI is InChI=1S/C13H17N3O3/c1-8-3-2-4-10(12(8)16(18)19)13(17)15-7-11(14)9-5-6-9/h2-4,9,11H,5-7,14H2,1H3,(H,15,17). The van der Waals surface area contributed by atoms with Gasteiger partial charge in [-0.05, 0) is 31.7 Å². The largest absolute Gasteiger partial charge is 0.350 e. The molecular formula is C13H17N3O3. The fraction of sp³-hybridized carbons (Fsp3) is 0.462. The maximum Gasteiger partial charge on any atom is 0.285 e. The van der Waals surface area contributed by atoms with E-state index in [0.717, 1.165) is 12.8 Å². The zero-order valence-corrected chi connectivity index (χ0v) is 10.8. The molecule has 0 aliphatic heterocycles. The van der Waals surface area contributed by atoms with Gasteiger partial charge in [0.2, 0.25) is 0 Å². The molecule has 1 fully saturated rings. The number of hydrogen-bond acceptors (Lipinski definition) is 4. The molecule has 1 aliphatic rings. The van der Waals surface area contributed by atoms with Crippen molar-refractivity contribution in [1.29, 1.82) is 0 Å². The molecule has 3 N–H and O–H groups in total. The van der Waals surface area contributed by atoms with E-state index in [1.54, 1.807) is 19.1 Å². The van der Waals surface area contributed by atoms with Crippen LogP contribution in [0.25, 0.3) is 0 Å². The van der Waals surface area contributed by atoms with E-state index >= 15 is 0 Å². The second kappa shape index (κ2) is 5.36. The van der Waals surface area contributed by atoms with Crippen LogP contribution in [0.3, 0.4) is 0 Å². The van der Waals surface area contributed by atoms with E-state index < -0.39 is 10.8 Å². The lowest BCUT2D eigenvalue weighted by atomic mass is 10.1. The normalized spacial score (nSPS) is 15.9. The molecule has 1 aromatic carbocycles. The van der Waals surface area contributed by atoms with Gasteiger partial charge in [0.05, 0.1) is 4.92 Å². The Hall–Kier alpha value is -1.95. The first-order valence-electron chi connectivity index (χ1n) is 6.28. The first-order valence-corrected chi connectivity index (χ1v) is 6.28. The van der Waals surface area contributed by atoms with Gasteiger partial charge in [0.25, 0.3) is 11.6 Å². The second-order valence-electron chi connectivity index (χ2n) is 4.94. The van der Waals surface area contributed by atoms with Crippen LogP contribution in [0.1, 0.15) is 28.8 Å². The van der Waals surface area contributed by atoms with E-state index in [1.165, 1.54) is 6.07 Å². The minimum Gasteiger partial charge on any atom is -0.350 e. The van der Waals surface area contributed by atoms with E-state index in [1.807, 2.05) is 0 Å². The molecule has 6 heteroatoms. The molecule has 1 atom stereocenters. The molecule has 19 heavy (non-hydrogen) atoms. The molecular weight excluding hydrogens is 246 g/mol. The Morgan fingerprint density at radius 3 is 2.84 bits per heavy atom. The number of rotatable bonds is 5. The number of nitrogens with one attached hydrogen (secondary N) is 1. The number of hydrogen-bond donors (Lipinski definition) is 2. The molecule has 0 saturated heterocycles. The smallest absolute Gasteiger partial charge is 0.285 e. The van der Waals surface area contributed by atoms with Crippen molar-refractivity contribution in [1.82, 2.24) is 5.32 Å². The fourth-order valence-corrected chi connectivity index (χ4v) is 2.08. The fourth-order valence-electron chi connectivity index (χ4n) is 2.08. The van der Waals surface area contributed by atoms with Crippen LogP contribution in [-0.4, -0.2) is 23.4 Å². The third-order valence-electron chi connectivity index (χ3n) is 3.39. The third-order valence-corrected chi connectivity index (χ3v) is 3.39. The lowest BCUT2D eigenvalue weighted by Crippen LogP contribution is -2.38. The Kier molecular flexibility index (Phi) is 3.80. The number of aryl methyl sites for hydroxylation is 1. The minimum absolute atomic E-state index is 0.0622. The number of nitrogens with zero attached hydrogens (tertiary/aromatic N) is 1. The summed E-state index contributed by atoms with van der Waals surface area (Å²) >= 11 is 0. The molecule has 0 bridgehead atoms. The summed E-state index contributed by atoms with van der Waals surface area (Å²) in [6, 6.07) is 4.65. The number of amides is 1. The maximum atomic E-state index is 12.0. The van der Waals surface area contributed by atoms with Gasteiger partial charge in [-0.1, -0.05) is 12.1 Å². The first-order chi connectivity index (χ1) is 9.00. The van der Waals surface area contributed by atoms with Crippen LogP contribution in [0.2, 0.25) is 0 Å². The molecule has 1 amide bonds. The average molecular weight is 263 g/mol. The number of nitro groups is 1. The van der Waals surface area contributed by atoms with Crippen molar-refractivity contribution >= 4 is 11.6 Å². The summed E-state index contributed by atoms with van der Waals surface area (Å²) in [5.41, 5.74) is 6.31. The summed E-state index contributed by atoms with van der Waals surface area (Å²) in [7, 11) is 0. The molecule has 0 radical (unpaired) electrons. The number of para-hydroxylation sites is 1.